The molecule has 0 aliphatic carbocycles. The molecule has 0 bridgehead atoms. The van der Waals surface area contributed by atoms with Gasteiger partial charge in [-0.2, -0.15) is 74.6 Å². The molecule has 0 aliphatic heterocycles. The highest BCUT2D eigenvalue weighted by atomic mass is 32.2. The van der Waals surface area contributed by atoms with Crippen molar-refractivity contribution in [3.8, 4) is 0 Å². The van der Waals surface area contributed by atoms with Crippen molar-refractivity contribution in [2.75, 3.05) is 0 Å². The second kappa shape index (κ2) is 6.36. The summed E-state index contributed by atoms with van der Waals surface area (Å²) < 4.78 is 247. The molecule has 0 aliphatic rings. The first-order chi connectivity index (χ1) is 12.0. The van der Waals surface area contributed by atoms with Gasteiger partial charge in [0.15, 0.2) is 10.1 Å². The Morgan fingerprint density at radius 2 is 0.724 bits per heavy atom. The number of alkyl halides is 17. The van der Waals surface area contributed by atoms with E-state index < -0.39 is 57.1 Å². The Kier molecular flexibility index (Phi) is 6.08. The summed E-state index contributed by atoms with van der Waals surface area (Å²) in [5.74, 6) is -27.2. The quantitative estimate of drug-likeness (QED) is 0.407. The maximum absolute atomic E-state index is 13.5. The summed E-state index contributed by atoms with van der Waals surface area (Å²) in [6.45, 7) is 0. The van der Waals surface area contributed by atoms with Gasteiger partial charge >= 0.3 is 41.6 Å². The Morgan fingerprint density at radius 3 is 0.897 bits per heavy atom. The normalized spacial score (nSPS) is 16.9. The number of halogens is 17. The largest absolute Gasteiger partial charge is 0.743 e. The molecule has 0 saturated carbocycles. The summed E-state index contributed by atoms with van der Waals surface area (Å²) in [4.78, 5) is 0. The van der Waals surface area contributed by atoms with Crippen molar-refractivity contribution in [1.82, 2.24) is 0 Å². The zero-order chi connectivity index (χ0) is 24.5. The van der Waals surface area contributed by atoms with Gasteiger partial charge in [0.1, 0.15) is 0 Å². The summed E-state index contributed by atoms with van der Waals surface area (Å²) >= 11 is 0. The first-order valence-corrected chi connectivity index (χ1v) is 7.08. The van der Waals surface area contributed by atoms with Gasteiger partial charge in [0.25, 0.3) is 5.41 Å². The van der Waals surface area contributed by atoms with Crippen LogP contribution in [0.3, 0.4) is 0 Å². The minimum absolute atomic E-state index is 8.19. The van der Waals surface area contributed by atoms with E-state index >= 15 is 0 Å². The van der Waals surface area contributed by atoms with Crippen LogP contribution >= 0.6 is 0 Å². The number of rotatable bonds is 5. The van der Waals surface area contributed by atoms with Crippen molar-refractivity contribution in [2.45, 2.75) is 41.6 Å². The highest BCUT2D eigenvalue weighted by Gasteiger charge is 3.02. The summed E-state index contributed by atoms with van der Waals surface area (Å²) in [5.41, 5.74) is -9.42. The Hall–Kier alpha value is -1.28. The molecule has 21 heteroatoms. The number of hydrogen-bond donors (Lipinski definition) is 0. The van der Waals surface area contributed by atoms with Crippen LogP contribution in [-0.4, -0.2) is 54.5 Å². The fourth-order valence-electron chi connectivity index (χ4n) is 1.86. The lowest BCUT2D eigenvalue weighted by atomic mass is 9.70. The fraction of sp³-hybridized carbons (Fsp3) is 1.00. The van der Waals surface area contributed by atoms with Gasteiger partial charge in [0.05, 0.1) is 0 Å². The predicted molar refractivity (Wildman–Crippen MR) is 50.1 cm³/mol. The van der Waals surface area contributed by atoms with Crippen molar-refractivity contribution in [3.63, 3.8) is 0 Å². The summed E-state index contributed by atoms with van der Waals surface area (Å²) in [7, 11) is -8.50. The topological polar surface area (TPSA) is 57.2 Å². The van der Waals surface area contributed by atoms with Crippen molar-refractivity contribution in [1.29, 1.82) is 0 Å². The average molecular weight is 499 g/mol. The Balaban J connectivity index is 7.96. The van der Waals surface area contributed by atoms with Crippen LogP contribution in [0.25, 0.3) is 0 Å². The molecule has 0 amide bonds. The third-order valence-corrected chi connectivity index (χ3v) is 4.11. The van der Waals surface area contributed by atoms with Gasteiger partial charge in [-0.25, -0.2) is 8.42 Å². The van der Waals surface area contributed by atoms with Gasteiger partial charge in [-0.05, 0) is 0 Å². The second-order valence-corrected chi connectivity index (χ2v) is 6.36. The van der Waals surface area contributed by atoms with Crippen LogP contribution in [0.4, 0.5) is 74.6 Å². The zero-order valence-corrected chi connectivity index (χ0v) is 12.9. The van der Waals surface area contributed by atoms with Crippen molar-refractivity contribution in [3.05, 3.63) is 0 Å². The Labute approximate surface area is 146 Å². The summed E-state index contributed by atoms with van der Waals surface area (Å²) in [5, 5.41) is -8.41. The molecule has 0 fully saturated rings. The van der Waals surface area contributed by atoms with Crippen LogP contribution in [0.5, 0.6) is 0 Å². The molecular weight excluding hydrogens is 499 g/mol. The average Bonchev–Trinajstić information content (AvgIpc) is 2.30. The van der Waals surface area contributed by atoms with Crippen LogP contribution in [0.2, 0.25) is 0 Å². The van der Waals surface area contributed by atoms with E-state index in [2.05, 4.69) is 0 Å². The summed E-state index contributed by atoms with van der Waals surface area (Å²) in [6.07, 6.45) is -25.9. The van der Waals surface area contributed by atoms with E-state index in [0.717, 1.165) is 0 Å². The second-order valence-electron chi connectivity index (χ2n) is 4.94. The van der Waals surface area contributed by atoms with Crippen molar-refractivity contribution >= 4 is 10.1 Å². The molecule has 0 heterocycles. The van der Waals surface area contributed by atoms with Gasteiger partial charge in [-0.1, -0.05) is 0 Å². The lowest BCUT2D eigenvalue weighted by Gasteiger charge is -2.49. The zero-order valence-electron chi connectivity index (χ0n) is 12.1. The van der Waals surface area contributed by atoms with E-state index in [1.165, 1.54) is 0 Å². The van der Waals surface area contributed by atoms with Crippen molar-refractivity contribution in [2.24, 2.45) is 5.41 Å². The van der Waals surface area contributed by atoms with Crippen molar-refractivity contribution < 1.29 is 87.6 Å². The van der Waals surface area contributed by atoms with Gasteiger partial charge in [0, 0.05) is 0 Å². The van der Waals surface area contributed by atoms with E-state index in [1.54, 1.807) is 0 Å². The van der Waals surface area contributed by atoms with E-state index in [4.69, 9.17) is 0 Å². The molecule has 0 saturated heterocycles. The van der Waals surface area contributed by atoms with Gasteiger partial charge < -0.3 is 4.55 Å². The van der Waals surface area contributed by atoms with Gasteiger partial charge in [-0.3, -0.25) is 0 Å². The first-order valence-electron chi connectivity index (χ1n) is 5.67. The highest BCUT2D eigenvalue weighted by Crippen LogP contribution is 2.73. The molecule has 0 spiro atoms. The van der Waals surface area contributed by atoms with E-state index in [0.29, 0.717) is 0 Å². The molecular formula is C8F17O3S-. The molecule has 0 unspecified atom stereocenters. The molecule has 0 radical (unpaired) electrons. The monoisotopic (exact) mass is 499 g/mol. The minimum Gasteiger partial charge on any atom is -0.743 e. The predicted octanol–water partition coefficient (Wildman–Crippen LogP) is 4.70. The standard InChI is InChI=1S/C8HF17O3S/c9-2(10,4(13,14)7(21,22)23)1(5(15,16)17,6(18,19)20)3(11,12)8(24,25)29(26,27)28/h(H,26,27,28)/p-1. The maximum atomic E-state index is 13.5. The van der Waals surface area contributed by atoms with Gasteiger partial charge in [0.2, 0.25) is 0 Å². The van der Waals surface area contributed by atoms with Gasteiger partial charge in [-0.15, -0.1) is 0 Å². The van der Waals surface area contributed by atoms with Crippen LogP contribution in [0.15, 0.2) is 0 Å². The first kappa shape index (κ1) is 27.7. The molecule has 29 heavy (non-hydrogen) atoms. The fourth-order valence-corrected chi connectivity index (χ4v) is 2.33. The molecule has 0 aromatic carbocycles. The molecule has 176 valence electrons. The van der Waals surface area contributed by atoms with Crippen LogP contribution < -0.4 is 0 Å². The lowest BCUT2D eigenvalue weighted by Crippen LogP contribution is -2.79. The third-order valence-electron chi connectivity index (χ3n) is 3.22. The van der Waals surface area contributed by atoms with Crippen LogP contribution in [0.1, 0.15) is 0 Å². The smallest absolute Gasteiger partial charge is 0.459 e. The van der Waals surface area contributed by atoms with E-state index in [9.17, 15) is 87.6 Å². The minimum atomic E-state index is -9.42. The third kappa shape index (κ3) is 3.26. The Morgan fingerprint density at radius 1 is 0.448 bits per heavy atom. The maximum Gasteiger partial charge on any atom is 0.459 e. The van der Waals surface area contributed by atoms with E-state index in [-0.39, 0.29) is 0 Å². The lowest BCUT2D eigenvalue weighted by molar-refractivity contribution is -0.507. The molecule has 0 aromatic rings. The molecule has 0 rings (SSSR count). The molecule has 0 N–H and O–H groups in total. The molecule has 3 nitrogen and oxygen atoms in total. The van der Waals surface area contributed by atoms with E-state index in [1.807, 2.05) is 0 Å². The number of hydrogen-bond acceptors (Lipinski definition) is 3. The highest BCUT2D eigenvalue weighted by molar-refractivity contribution is 7.86. The van der Waals surface area contributed by atoms with Crippen LogP contribution in [0, 0.1) is 5.41 Å². The molecule has 0 aromatic heterocycles. The Bertz CT molecular complexity index is 709. The summed E-state index contributed by atoms with van der Waals surface area (Å²) in [6, 6.07) is 0. The van der Waals surface area contributed by atoms with Crippen LogP contribution in [-0.2, 0) is 10.1 Å². The molecule has 0 atom stereocenters. The SMILES string of the molecule is O=S(=O)([O-])C(F)(F)C(F)(F)C(C(F)(F)F)(C(F)(F)F)C(F)(F)C(F)(F)C(F)(F)F.